The van der Waals surface area contributed by atoms with Gasteiger partial charge in [-0.25, -0.2) is 4.79 Å². The first-order chi connectivity index (χ1) is 8.56. The largest absolute Gasteiger partial charge is 0.478 e. The second-order valence-electron chi connectivity index (χ2n) is 5.11. The van der Waals surface area contributed by atoms with E-state index in [0.717, 1.165) is 12.8 Å². The number of benzene rings is 1. The third-order valence-corrected chi connectivity index (χ3v) is 3.74. The van der Waals surface area contributed by atoms with Gasteiger partial charge in [0, 0.05) is 11.1 Å². The maximum Gasteiger partial charge on any atom is 0.337 e. The fourth-order valence-electron chi connectivity index (χ4n) is 2.61. The highest BCUT2D eigenvalue weighted by molar-refractivity contribution is 6.31. The normalized spacial score (nSPS) is 23.7. The molecule has 2 rings (SSSR count). The number of hydrogen-bond donors (Lipinski definition) is 2. The van der Waals surface area contributed by atoms with Crippen molar-refractivity contribution in [2.45, 2.75) is 38.6 Å². The van der Waals surface area contributed by atoms with E-state index in [2.05, 4.69) is 12.2 Å². The number of aromatic carboxylic acids is 1. The minimum atomic E-state index is -0.918. The lowest BCUT2D eigenvalue weighted by Gasteiger charge is -2.28. The summed E-state index contributed by atoms with van der Waals surface area (Å²) in [6, 6.07) is 5.22. The van der Waals surface area contributed by atoms with Gasteiger partial charge < -0.3 is 10.4 Å². The first-order valence-corrected chi connectivity index (χ1v) is 6.73. The number of rotatable bonds is 3. The average Bonchev–Trinajstić information content (AvgIpc) is 2.28. The number of carboxylic acids is 1. The van der Waals surface area contributed by atoms with Crippen molar-refractivity contribution in [1.29, 1.82) is 0 Å². The van der Waals surface area contributed by atoms with E-state index in [9.17, 15) is 4.79 Å². The Balaban J connectivity index is 2.16. The highest BCUT2D eigenvalue weighted by atomic mass is 35.5. The molecular weight excluding hydrogens is 250 g/mol. The molecular formula is C14H18ClNO2. The van der Waals surface area contributed by atoms with Crippen LogP contribution in [0.3, 0.4) is 0 Å². The molecule has 0 bridgehead atoms. The topological polar surface area (TPSA) is 49.3 Å². The summed E-state index contributed by atoms with van der Waals surface area (Å²) in [6.45, 7) is 2.24. The number of anilines is 1. The molecule has 0 spiro atoms. The minimum Gasteiger partial charge on any atom is -0.478 e. The van der Waals surface area contributed by atoms with Crippen molar-refractivity contribution in [3.8, 4) is 0 Å². The molecule has 0 amide bonds. The molecule has 2 unspecified atom stereocenters. The van der Waals surface area contributed by atoms with Gasteiger partial charge in [0.15, 0.2) is 0 Å². The zero-order valence-corrected chi connectivity index (χ0v) is 11.2. The molecule has 98 valence electrons. The number of halogens is 1. The van der Waals surface area contributed by atoms with Crippen molar-refractivity contribution in [3.63, 3.8) is 0 Å². The van der Waals surface area contributed by atoms with Crippen molar-refractivity contribution in [1.82, 2.24) is 0 Å². The van der Waals surface area contributed by atoms with Crippen LogP contribution in [0.15, 0.2) is 18.2 Å². The van der Waals surface area contributed by atoms with Gasteiger partial charge in [-0.3, -0.25) is 0 Å². The summed E-state index contributed by atoms with van der Waals surface area (Å²) in [6.07, 6.45) is 4.64. The van der Waals surface area contributed by atoms with Crippen LogP contribution in [-0.2, 0) is 0 Å². The van der Waals surface area contributed by atoms with E-state index < -0.39 is 5.97 Å². The predicted octanol–water partition coefficient (Wildman–Crippen LogP) is 4.03. The van der Waals surface area contributed by atoms with E-state index in [1.54, 1.807) is 18.2 Å². The van der Waals surface area contributed by atoms with Crippen molar-refractivity contribution in [2.75, 3.05) is 5.32 Å². The average molecular weight is 268 g/mol. The first-order valence-electron chi connectivity index (χ1n) is 6.35. The molecule has 0 heterocycles. The van der Waals surface area contributed by atoms with Crippen LogP contribution >= 0.6 is 11.6 Å². The van der Waals surface area contributed by atoms with Crippen LogP contribution < -0.4 is 5.32 Å². The quantitative estimate of drug-likeness (QED) is 0.869. The highest BCUT2D eigenvalue weighted by Crippen LogP contribution is 2.28. The lowest BCUT2D eigenvalue weighted by Crippen LogP contribution is -2.27. The van der Waals surface area contributed by atoms with Gasteiger partial charge in [-0.05, 0) is 37.0 Å². The van der Waals surface area contributed by atoms with Crippen LogP contribution in [0.1, 0.15) is 43.0 Å². The molecule has 1 aliphatic carbocycles. The fourth-order valence-corrected chi connectivity index (χ4v) is 2.78. The van der Waals surface area contributed by atoms with E-state index in [-0.39, 0.29) is 5.56 Å². The first kappa shape index (κ1) is 13.2. The fraction of sp³-hybridized carbons (Fsp3) is 0.500. The summed E-state index contributed by atoms with van der Waals surface area (Å²) in [7, 11) is 0. The van der Waals surface area contributed by atoms with E-state index in [1.807, 2.05) is 0 Å². The van der Waals surface area contributed by atoms with Gasteiger partial charge in [0.2, 0.25) is 0 Å². The Hall–Kier alpha value is -1.22. The molecule has 1 saturated carbocycles. The van der Waals surface area contributed by atoms with Gasteiger partial charge in [-0.15, -0.1) is 0 Å². The second-order valence-corrected chi connectivity index (χ2v) is 5.54. The molecule has 0 radical (unpaired) electrons. The molecule has 1 fully saturated rings. The number of carboxylic acid groups (broad SMARTS) is 1. The van der Waals surface area contributed by atoms with Crippen LogP contribution in [0.5, 0.6) is 0 Å². The SMILES string of the molecule is CC1CCCC(Nc2cc(Cl)ccc2C(=O)O)C1. The van der Waals surface area contributed by atoms with E-state index in [0.29, 0.717) is 22.7 Å². The summed E-state index contributed by atoms with van der Waals surface area (Å²) in [4.78, 5) is 11.2. The van der Waals surface area contributed by atoms with E-state index in [4.69, 9.17) is 16.7 Å². The Morgan fingerprint density at radius 2 is 2.22 bits per heavy atom. The molecule has 1 aromatic carbocycles. The molecule has 0 saturated heterocycles. The number of nitrogens with one attached hydrogen (secondary N) is 1. The Morgan fingerprint density at radius 1 is 1.44 bits per heavy atom. The van der Waals surface area contributed by atoms with Gasteiger partial charge in [0.1, 0.15) is 0 Å². The summed E-state index contributed by atoms with van der Waals surface area (Å²) in [5.74, 6) is -0.221. The molecule has 0 aliphatic heterocycles. The van der Waals surface area contributed by atoms with Crippen LogP contribution in [0.4, 0.5) is 5.69 Å². The smallest absolute Gasteiger partial charge is 0.337 e. The standard InChI is InChI=1S/C14H18ClNO2/c1-9-3-2-4-11(7-9)16-13-8-10(15)5-6-12(13)14(17)18/h5-6,8-9,11,16H,2-4,7H2,1H3,(H,17,18). The van der Waals surface area contributed by atoms with Gasteiger partial charge in [-0.1, -0.05) is 31.4 Å². The maximum absolute atomic E-state index is 11.2. The van der Waals surface area contributed by atoms with E-state index >= 15 is 0 Å². The Kier molecular flexibility index (Phi) is 4.12. The van der Waals surface area contributed by atoms with Crippen LogP contribution in [0, 0.1) is 5.92 Å². The van der Waals surface area contributed by atoms with Crippen LogP contribution in [0.25, 0.3) is 0 Å². The van der Waals surface area contributed by atoms with Crippen LogP contribution in [-0.4, -0.2) is 17.1 Å². The van der Waals surface area contributed by atoms with Gasteiger partial charge in [0.25, 0.3) is 0 Å². The molecule has 1 aliphatic rings. The molecule has 18 heavy (non-hydrogen) atoms. The summed E-state index contributed by atoms with van der Waals surface area (Å²) >= 11 is 5.93. The summed E-state index contributed by atoms with van der Waals surface area (Å²) in [5, 5.41) is 13.1. The molecule has 3 nitrogen and oxygen atoms in total. The summed E-state index contributed by atoms with van der Waals surface area (Å²) in [5.41, 5.74) is 0.923. The van der Waals surface area contributed by atoms with Crippen molar-refractivity contribution in [3.05, 3.63) is 28.8 Å². The zero-order valence-electron chi connectivity index (χ0n) is 10.4. The third kappa shape index (κ3) is 3.16. The van der Waals surface area contributed by atoms with Gasteiger partial charge in [-0.2, -0.15) is 0 Å². The second kappa shape index (κ2) is 5.61. The minimum absolute atomic E-state index is 0.289. The Morgan fingerprint density at radius 3 is 2.89 bits per heavy atom. The molecule has 0 aromatic heterocycles. The van der Waals surface area contributed by atoms with Crippen molar-refractivity contribution in [2.24, 2.45) is 5.92 Å². The number of hydrogen-bond acceptors (Lipinski definition) is 2. The molecule has 2 N–H and O–H groups in total. The maximum atomic E-state index is 11.2. The Bertz CT molecular complexity index is 447. The highest BCUT2D eigenvalue weighted by Gasteiger charge is 2.20. The monoisotopic (exact) mass is 267 g/mol. The number of carbonyl (C=O) groups is 1. The summed E-state index contributed by atoms with van der Waals surface area (Å²) < 4.78 is 0. The van der Waals surface area contributed by atoms with E-state index in [1.165, 1.54) is 12.8 Å². The Labute approximate surface area is 112 Å². The predicted molar refractivity (Wildman–Crippen MR) is 73.5 cm³/mol. The third-order valence-electron chi connectivity index (χ3n) is 3.51. The van der Waals surface area contributed by atoms with Crippen molar-refractivity contribution < 1.29 is 9.90 Å². The molecule has 1 aromatic rings. The van der Waals surface area contributed by atoms with Gasteiger partial charge in [0.05, 0.1) is 11.3 Å². The molecule has 2 atom stereocenters. The van der Waals surface area contributed by atoms with Crippen molar-refractivity contribution >= 4 is 23.3 Å². The van der Waals surface area contributed by atoms with Crippen LogP contribution in [0.2, 0.25) is 5.02 Å². The molecule has 4 heteroatoms. The van der Waals surface area contributed by atoms with Gasteiger partial charge >= 0.3 is 5.97 Å². The lowest BCUT2D eigenvalue weighted by atomic mass is 9.87. The zero-order chi connectivity index (χ0) is 13.1. The lowest BCUT2D eigenvalue weighted by molar-refractivity contribution is 0.0698.